The summed E-state index contributed by atoms with van der Waals surface area (Å²) in [5.41, 5.74) is 12.0. The number of hydrogen-bond acceptors (Lipinski definition) is 3. The van der Waals surface area contributed by atoms with Gasteiger partial charge >= 0.3 is 0 Å². The van der Waals surface area contributed by atoms with Crippen LogP contribution in [0.4, 0.5) is 17.1 Å². The zero-order valence-electron chi connectivity index (χ0n) is 31.8. The molecule has 0 N–H and O–H groups in total. The number of aromatic nitrogens is 1. The first kappa shape index (κ1) is 33.8. The van der Waals surface area contributed by atoms with Crippen molar-refractivity contribution in [3.05, 3.63) is 224 Å². The monoisotopic (exact) mass is 742 g/mol. The fourth-order valence-electron chi connectivity index (χ4n) is 8.73. The summed E-state index contributed by atoms with van der Waals surface area (Å²) in [6.07, 6.45) is 7.59. The first-order valence-corrected chi connectivity index (χ1v) is 20.0. The van der Waals surface area contributed by atoms with Crippen molar-refractivity contribution < 1.29 is 4.42 Å². The van der Waals surface area contributed by atoms with Gasteiger partial charge in [0.25, 0.3) is 0 Å². The molecule has 0 aliphatic heterocycles. The van der Waals surface area contributed by atoms with Crippen LogP contribution in [0, 0.1) is 0 Å². The fourth-order valence-corrected chi connectivity index (χ4v) is 8.73. The molecule has 1 aromatic heterocycles. The summed E-state index contributed by atoms with van der Waals surface area (Å²) in [6.45, 7) is 0. The summed E-state index contributed by atoms with van der Waals surface area (Å²) in [5, 5.41) is 7.09. The van der Waals surface area contributed by atoms with Gasteiger partial charge in [-0.25, -0.2) is 4.98 Å². The van der Waals surface area contributed by atoms with Crippen LogP contribution in [-0.4, -0.2) is 4.98 Å². The third-order valence-corrected chi connectivity index (χ3v) is 11.7. The summed E-state index contributed by atoms with van der Waals surface area (Å²) < 4.78 is 6.66. The van der Waals surface area contributed by atoms with Crippen LogP contribution in [-0.2, 0) is 0 Å². The van der Waals surface area contributed by atoms with Crippen molar-refractivity contribution in [1.29, 1.82) is 0 Å². The average molecular weight is 743 g/mol. The van der Waals surface area contributed by atoms with Crippen LogP contribution in [0.25, 0.3) is 71.2 Å². The molecule has 3 nitrogen and oxygen atoms in total. The van der Waals surface area contributed by atoms with E-state index in [9.17, 15) is 0 Å². The van der Waals surface area contributed by atoms with Crippen molar-refractivity contribution >= 4 is 66.1 Å². The summed E-state index contributed by atoms with van der Waals surface area (Å²) in [7, 11) is 0. The van der Waals surface area contributed by atoms with Crippen molar-refractivity contribution in [2.75, 3.05) is 4.90 Å². The van der Waals surface area contributed by atoms with Crippen molar-refractivity contribution in [3.63, 3.8) is 0 Å². The summed E-state index contributed by atoms with van der Waals surface area (Å²) in [4.78, 5) is 7.36. The minimum Gasteiger partial charge on any atom is -0.435 e. The highest BCUT2D eigenvalue weighted by atomic mass is 16.3. The molecule has 11 rings (SSSR count). The quantitative estimate of drug-likeness (QED) is 0.163. The first-order chi connectivity index (χ1) is 28.7. The van der Waals surface area contributed by atoms with E-state index in [1.807, 2.05) is 0 Å². The van der Waals surface area contributed by atoms with Crippen molar-refractivity contribution in [3.8, 4) is 22.3 Å². The zero-order valence-corrected chi connectivity index (χ0v) is 31.8. The van der Waals surface area contributed by atoms with Gasteiger partial charge in [-0.3, -0.25) is 0 Å². The van der Waals surface area contributed by atoms with Gasteiger partial charge in [-0.15, -0.1) is 0 Å². The van der Waals surface area contributed by atoms with Crippen LogP contribution in [0.1, 0.15) is 23.8 Å². The summed E-state index contributed by atoms with van der Waals surface area (Å²) in [5.74, 6) is 1.01. The molecule has 0 amide bonds. The predicted octanol–water partition coefficient (Wildman–Crippen LogP) is 15.2. The molecule has 10 aromatic rings. The van der Waals surface area contributed by atoms with Crippen LogP contribution in [0.5, 0.6) is 0 Å². The zero-order chi connectivity index (χ0) is 38.4. The van der Waals surface area contributed by atoms with Crippen LogP contribution in [0.2, 0.25) is 0 Å². The number of hydrogen-bond donors (Lipinski definition) is 0. The molecule has 0 saturated heterocycles. The molecule has 0 radical (unpaired) electrons. The topological polar surface area (TPSA) is 29.3 Å². The van der Waals surface area contributed by atoms with Crippen molar-refractivity contribution in [2.24, 2.45) is 0 Å². The average Bonchev–Trinajstić information content (AvgIpc) is 3.75. The highest BCUT2D eigenvalue weighted by Crippen LogP contribution is 2.43. The maximum atomic E-state index is 6.66. The van der Waals surface area contributed by atoms with E-state index < -0.39 is 0 Å². The van der Waals surface area contributed by atoms with Crippen LogP contribution < -0.4 is 4.90 Å². The van der Waals surface area contributed by atoms with Crippen molar-refractivity contribution in [2.45, 2.75) is 12.3 Å². The fraction of sp³-hybridized carbons (Fsp3) is 0.0364. The van der Waals surface area contributed by atoms with E-state index in [2.05, 4.69) is 217 Å². The lowest BCUT2D eigenvalue weighted by Crippen LogP contribution is -2.10. The van der Waals surface area contributed by atoms with E-state index in [4.69, 9.17) is 9.40 Å². The maximum absolute atomic E-state index is 6.66. The molecule has 0 bridgehead atoms. The Morgan fingerprint density at radius 2 is 1.05 bits per heavy atom. The number of nitrogens with zero attached hydrogens (tertiary/aromatic N) is 2. The molecule has 1 aliphatic carbocycles. The molecule has 274 valence electrons. The SMILES string of the molecule is C1=CC(c2ccccc2)CC=C1c1nc2ccc3c(N(c4ccc(-c5cccc6ccccc56)cc4)c4ccc(-c5cccc6ccccc56)cc4)cccc3c2o1. The normalized spacial score (nSPS) is 14.0. The largest absolute Gasteiger partial charge is 0.435 e. The molecule has 0 fully saturated rings. The predicted molar refractivity (Wildman–Crippen MR) is 243 cm³/mol. The Morgan fingerprint density at radius 1 is 0.483 bits per heavy atom. The van der Waals surface area contributed by atoms with Gasteiger partial charge in [-0.05, 0) is 98.2 Å². The van der Waals surface area contributed by atoms with Gasteiger partial charge in [0.15, 0.2) is 5.58 Å². The van der Waals surface area contributed by atoms with E-state index >= 15 is 0 Å². The Bertz CT molecular complexity index is 3060. The smallest absolute Gasteiger partial charge is 0.227 e. The molecule has 9 aromatic carbocycles. The van der Waals surface area contributed by atoms with Gasteiger partial charge in [0, 0.05) is 33.6 Å². The Balaban J connectivity index is 1.01. The molecule has 0 saturated carbocycles. The Hall–Kier alpha value is -7.49. The highest BCUT2D eigenvalue weighted by Gasteiger charge is 2.21. The van der Waals surface area contributed by atoms with Crippen LogP contribution >= 0.6 is 0 Å². The Kier molecular flexibility index (Phi) is 8.29. The lowest BCUT2D eigenvalue weighted by molar-refractivity contribution is 0.587. The summed E-state index contributed by atoms with van der Waals surface area (Å²) in [6, 6.07) is 69.6. The first-order valence-electron chi connectivity index (χ1n) is 20.0. The number of oxazole rings is 1. The molecule has 58 heavy (non-hydrogen) atoms. The number of allylic oxidation sites excluding steroid dienone is 4. The lowest BCUT2D eigenvalue weighted by atomic mass is 9.90. The van der Waals surface area contributed by atoms with Gasteiger partial charge in [-0.1, -0.05) is 170 Å². The Morgan fingerprint density at radius 3 is 1.67 bits per heavy atom. The number of anilines is 3. The molecule has 0 spiro atoms. The van der Waals surface area contributed by atoms with Crippen LogP contribution in [0.3, 0.4) is 0 Å². The second kappa shape index (κ2) is 14.2. The van der Waals surface area contributed by atoms with E-state index in [-0.39, 0.29) is 0 Å². The third-order valence-electron chi connectivity index (χ3n) is 11.7. The second-order valence-corrected chi connectivity index (χ2v) is 15.1. The van der Waals surface area contributed by atoms with E-state index in [1.165, 1.54) is 49.4 Å². The molecule has 3 heteroatoms. The highest BCUT2D eigenvalue weighted by molar-refractivity contribution is 6.10. The van der Waals surface area contributed by atoms with Crippen LogP contribution in [0.15, 0.2) is 217 Å². The maximum Gasteiger partial charge on any atom is 0.227 e. The third kappa shape index (κ3) is 5.96. The van der Waals surface area contributed by atoms with Gasteiger partial charge in [0.2, 0.25) is 5.89 Å². The second-order valence-electron chi connectivity index (χ2n) is 15.1. The minimum absolute atomic E-state index is 0.353. The Labute approximate surface area is 337 Å². The molecule has 1 heterocycles. The van der Waals surface area contributed by atoms with Gasteiger partial charge in [-0.2, -0.15) is 0 Å². The van der Waals surface area contributed by atoms with E-state index in [0.717, 1.165) is 50.9 Å². The standard InChI is InChI=1S/C55H38N2O/c1-2-11-37(12-3-1)38-23-25-43(26-24-38)55-56-52-36-35-50-51(54(52)58-55)21-10-22-53(50)57(44-31-27-41(28-32-44)48-19-8-15-39-13-4-6-17-46(39)48)45-33-29-42(30-34-45)49-20-9-16-40-14-5-7-18-47(40)49/h1-23,25-36,38H,24H2. The van der Waals surface area contributed by atoms with E-state index in [0.29, 0.717) is 11.8 Å². The number of benzene rings is 9. The molecule has 1 atom stereocenters. The molecule has 1 aliphatic rings. The van der Waals surface area contributed by atoms with Crippen molar-refractivity contribution in [1.82, 2.24) is 4.98 Å². The number of fused-ring (bicyclic) bond motifs is 5. The molecular formula is C55H38N2O. The van der Waals surface area contributed by atoms with Gasteiger partial charge in [0.1, 0.15) is 5.52 Å². The minimum atomic E-state index is 0.353. The van der Waals surface area contributed by atoms with Gasteiger partial charge < -0.3 is 9.32 Å². The molecule has 1 unspecified atom stereocenters. The van der Waals surface area contributed by atoms with E-state index in [1.54, 1.807) is 0 Å². The lowest BCUT2D eigenvalue weighted by Gasteiger charge is -2.27. The summed E-state index contributed by atoms with van der Waals surface area (Å²) >= 11 is 0. The van der Waals surface area contributed by atoms with Gasteiger partial charge in [0.05, 0.1) is 5.69 Å². The number of rotatable bonds is 7. The molecular weight excluding hydrogens is 705 g/mol.